The van der Waals surface area contributed by atoms with Crippen LogP contribution in [0, 0.1) is 19.8 Å². The van der Waals surface area contributed by atoms with Gasteiger partial charge in [0.2, 0.25) is 0 Å². The second kappa shape index (κ2) is 5.56. The molecule has 0 aromatic carbocycles. The van der Waals surface area contributed by atoms with Gasteiger partial charge in [-0.05, 0) is 26.2 Å². The van der Waals surface area contributed by atoms with Gasteiger partial charge in [0.15, 0.2) is 0 Å². The fourth-order valence-electron chi connectivity index (χ4n) is 2.91. The molecule has 1 aliphatic rings. The molecule has 0 aliphatic heterocycles. The Morgan fingerprint density at radius 1 is 1.24 bits per heavy atom. The molecule has 1 aromatic heterocycles. The van der Waals surface area contributed by atoms with E-state index < -0.39 is 0 Å². The number of aromatic nitrogens is 2. The van der Waals surface area contributed by atoms with E-state index in [1.165, 1.54) is 49.9 Å². The van der Waals surface area contributed by atoms with E-state index in [1.807, 2.05) is 11.7 Å². The summed E-state index contributed by atoms with van der Waals surface area (Å²) in [6.45, 7) is 5.30. The molecule has 2 rings (SSSR count). The molecule has 0 amide bonds. The van der Waals surface area contributed by atoms with E-state index in [1.54, 1.807) is 0 Å². The lowest BCUT2D eigenvalue weighted by Crippen LogP contribution is -2.12. The smallest absolute Gasteiger partial charge is 0.0827 e. The van der Waals surface area contributed by atoms with E-state index in [9.17, 15) is 0 Å². The van der Waals surface area contributed by atoms with Gasteiger partial charge in [0.25, 0.3) is 0 Å². The second-order valence-corrected chi connectivity index (χ2v) is 5.39. The summed E-state index contributed by atoms with van der Waals surface area (Å²) in [5, 5.41) is 8.00. The zero-order valence-corrected chi connectivity index (χ0v) is 11.4. The Balaban J connectivity index is 1.81. The maximum Gasteiger partial charge on any atom is 0.0827 e. The maximum atomic E-state index is 4.43. The highest BCUT2D eigenvalue weighted by molar-refractivity contribution is 5.51. The van der Waals surface area contributed by atoms with Gasteiger partial charge >= 0.3 is 0 Å². The van der Waals surface area contributed by atoms with Crippen molar-refractivity contribution >= 4 is 5.69 Å². The van der Waals surface area contributed by atoms with Crippen molar-refractivity contribution in [2.45, 2.75) is 52.4 Å². The molecule has 0 atom stereocenters. The van der Waals surface area contributed by atoms with Crippen molar-refractivity contribution in [3.05, 3.63) is 11.4 Å². The molecule has 1 aromatic rings. The van der Waals surface area contributed by atoms with Crippen molar-refractivity contribution in [2.75, 3.05) is 11.9 Å². The summed E-state index contributed by atoms with van der Waals surface area (Å²) in [6.07, 6.45) is 8.52. The predicted octanol–water partition coefficient (Wildman–Crippen LogP) is 3.42. The molecule has 17 heavy (non-hydrogen) atoms. The Labute approximate surface area is 105 Å². The molecule has 0 radical (unpaired) electrons. The van der Waals surface area contributed by atoms with Gasteiger partial charge in [0.1, 0.15) is 0 Å². The van der Waals surface area contributed by atoms with Crippen LogP contribution in [0.4, 0.5) is 5.69 Å². The minimum atomic E-state index is 0.952. The molecule has 0 unspecified atom stereocenters. The molecule has 0 spiro atoms. The van der Waals surface area contributed by atoms with Gasteiger partial charge in [-0.25, -0.2) is 0 Å². The van der Waals surface area contributed by atoms with Crippen LogP contribution in [0.2, 0.25) is 0 Å². The maximum absolute atomic E-state index is 4.43. The normalized spacial score (nSPS) is 17.4. The minimum absolute atomic E-state index is 0.952. The number of aryl methyl sites for hydroxylation is 2. The Morgan fingerprint density at radius 3 is 2.53 bits per heavy atom. The molecule has 96 valence electrons. The third-order valence-corrected chi connectivity index (χ3v) is 4.09. The first-order valence-corrected chi connectivity index (χ1v) is 6.92. The minimum Gasteiger partial charge on any atom is -0.382 e. The van der Waals surface area contributed by atoms with Crippen LogP contribution in [0.15, 0.2) is 0 Å². The van der Waals surface area contributed by atoms with Gasteiger partial charge in [0.05, 0.1) is 17.1 Å². The van der Waals surface area contributed by atoms with Crippen molar-refractivity contribution in [3.8, 4) is 0 Å². The molecule has 1 heterocycles. The molecular weight excluding hydrogens is 210 g/mol. The van der Waals surface area contributed by atoms with Crippen LogP contribution in [0.25, 0.3) is 0 Å². The highest BCUT2D eigenvalue weighted by Gasteiger charge is 2.14. The Bertz CT molecular complexity index is 362. The van der Waals surface area contributed by atoms with Crippen LogP contribution in [-0.4, -0.2) is 16.3 Å². The summed E-state index contributed by atoms with van der Waals surface area (Å²) in [5.74, 6) is 0.952. The molecule has 1 saturated carbocycles. The van der Waals surface area contributed by atoms with E-state index in [-0.39, 0.29) is 0 Å². The summed E-state index contributed by atoms with van der Waals surface area (Å²) in [7, 11) is 2.01. The third kappa shape index (κ3) is 3.02. The van der Waals surface area contributed by atoms with Gasteiger partial charge in [-0.15, -0.1) is 0 Å². The fraction of sp³-hybridized carbons (Fsp3) is 0.786. The predicted molar refractivity (Wildman–Crippen MR) is 72.4 cm³/mol. The molecule has 3 heteroatoms. The largest absolute Gasteiger partial charge is 0.382 e. The average Bonchev–Trinajstić information content (AvgIpc) is 2.57. The van der Waals surface area contributed by atoms with Crippen molar-refractivity contribution in [1.29, 1.82) is 0 Å². The lowest BCUT2D eigenvalue weighted by Gasteiger charge is -2.21. The van der Waals surface area contributed by atoms with E-state index in [4.69, 9.17) is 0 Å². The molecule has 0 bridgehead atoms. The first kappa shape index (κ1) is 12.5. The number of hydrogen-bond donors (Lipinski definition) is 1. The Morgan fingerprint density at radius 2 is 1.94 bits per heavy atom. The van der Waals surface area contributed by atoms with Gasteiger partial charge in [-0.1, -0.05) is 32.1 Å². The number of hydrogen-bond acceptors (Lipinski definition) is 2. The molecule has 1 fully saturated rings. The fourth-order valence-corrected chi connectivity index (χ4v) is 2.91. The lowest BCUT2D eigenvalue weighted by molar-refractivity contribution is 0.345. The monoisotopic (exact) mass is 235 g/mol. The summed E-state index contributed by atoms with van der Waals surface area (Å²) in [6, 6.07) is 0. The van der Waals surface area contributed by atoms with E-state index in [0.717, 1.165) is 18.2 Å². The number of nitrogens with zero attached hydrogens (tertiary/aromatic N) is 2. The molecule has 1 aliphatic carbocycles. The molecule has 1 N–H and O–H groups in total. The highest BCUT2D eigenvalue weighted by atomic mass is 15.3. The van der Waals surface area contributed by atoms with Crippen molar-refractivity contribution in [2.24, 2.45) is 13.0 Å². The standard InChI is InChI=1S/C14H25N3/c1-11-14(12(2)17(3)16-11)15-10-9-13-7-5-4-6-8-13/h13,15H,4-10H2,1-3H3. The molecular formula is C14H25N3. The van der Waals surface area contributed by atoms with Crippen LogP contribution in [0.1, 0.15) is 49.9 Å². The van der Waals surface area contributed by atoms with Crippen LogP contribution in [-0.2, 0) is 7.05 Å². The van der Waals surface area contributed by atoms with Gasteiger partial charge < -0.3 is 5.32 Å². The van der Waals surface area contributed by atoms with Gasteiger partial charge in [0, 0.05) is 13.6 Å². The van der Waals surface area contributed by atoms with Gasteiger partial charge in [-0.3, -0.25) is 4.68 Å². The molecule has 3 nitrogen and oxygen atoms in total. The van der Waals surface area contributed by atoms with Crippen molar-refractivity contribution in [1.82, 2.24) is 9.78 Å². The summed E-state index contributed by atoms with van der Waals surface area (Å²) < 4.78 is 1.96. The van der Waals surface area contributed by atoms with Crippen molar-refractivity contribution < 1.29 is 0 Å². The molecule has 0 saturated heterocycles. The highest BCUT2D eigenvalue weighted by Crippen LogP contribution is 2.26. The number of rotatable bonds is 4. The topological polar surface area (TPSA) is 29.9 Å². The lowest BCUT2D eigenvalue weighted by atomic mass is 9.87. The zero-order chi connectivity index (χ0) is 12.3. The number of anilines is 1. The van der Waals surface area contributed by atoms with Crippen LogP contribution in [0.3, 0.4) is 0 Å². The average molecular weight is 235 g/mol. The summed E-state index contributed by atoms with van der Waals surface area (Å²) in [5.41, 5.74) is 3.60. The van der Waals surface area contributed by atoms with Gasteiger partial charge in [-0.2, -0.15) is 5.10 Å². The van der Waals surface area contributed by atoms with Crippen molar-refractivity contribution in [3.63, 3.8) is 0 Å². The van der Waals surface area contributed by atoms with E-state index >= 15 is 0 Å². The number of nitrogens with one attached hydrogen (secondary N) is 1. The second-order valence-electron chi connectivity index (χ2n) is 5.39. The van der Waals surface area contributed by atoms with Crippen LogP contribution >= 0.6 is 0 Å². The van der Waals surface area contributed by atoms with Crippen LogP contribution < -0.4 is 5.32 Å². The first-order valence-electron chi connectivity index (χ1n) is 6.92. The summed E-state index contributed by atoms with van der Waals surface area (Å²) >= 11 is 0. The SMILES string of the molecule is Cc1nn(C)c(C)c1NCCC1CCCCC1. The quantitative estimate of drug-likeness (QED) is 0.866. The Hall–Kier alpha value is -0.990. The van der Waals surface area contributed by atoms with Crippen LogP contribution in [0.5, 0.6) is 0 Å². The first-order chi connectivity index (χ1) is 8.18. The van der Waals surface area contributed by atoms with E-state index in [0.29, 0.717) is 0 Å². The van der Waals surface area contributed by atoms with E-state index in [2.05, 4.69) is 24.3 Å². The third-order valence-electron chi connectivity index (χ3n) is 4.09. The Kier molecular flexibility index (Phi) is 4.08. The summed E-state index contributed by atoms with van der Waals surface area (Å²) in [4.78, 5) is 0. The zero-order valence-electron chi connectivity index (χ0n) is 11.4.